The number of halogens is 1. The summed E-state index contributed by atoms with van der Waals surface area (Å²) in [5, 5.41) is 2.24. The van der Waals surface area contributed by atoms with Crippen LogP contribution in [0, 0.1) is 11.3 Å². The molecule has 2 N–H and O–H groups in total. The van der Waals surface area contributed by atoms with Gasteiger partial charge in [-0.05, 0) is 70.6 Å². The van der Waals surface area contributed by atoms with Crippen LogP contribution in [0.5, 0.6) is 0 Å². The summed E-state index contributed by atoms with van der Waals surface area (Å²) in [5.74, 6) is 0.642. The summed E-state index contributed by atoms with van der Waals surface area (Å²) in [6.07, 6.45) is 3.74. The Balaban J connectivity index is 2.14. The van der Waals surface area contributed by atoms with E-state index in [-0.39, 0.29) is 5.54 Å². The van der Waals surface area contributed by atoms with E-state index in [9.17, 15) is 0 Å². The molecule has 0 aromatic carbocycles. The average Bonchev–Trinajstić information content (AvgIpc) is 2.74. The molecule has 2 atom stereocenters. The second-order valence-corrected chi connectivity index (χ2v) is 9.48. The fourth-order valence-corrected chi connectivity index (χ4v) is 5.01. The van der Waals surface area contributed by atoms with Gasteiger partial charge in [-0.25, -0.2) is 0 Å². The predicted molar refractivity (Wildman–Crippen MR) is 92.1 cm³/mol. The van der Waals surface area contributed by atoms with Gasteiger partial charge >= 0.3 is 0 Å². The predicted octanol–water partition coefficient (Wildman–Crippen LogP) is 4.49. The van der Waals surface area contributed by atoms with Crippen molar-refractivity contribution < 1.29 is 0 Å². The van der Waals surface area contributed by atoms with Gasteiger partial charge in [0, 0.05) is 18.6 Å². The molecule has 0 radical (unpaired) electrons. The van der Waals surface area contributed by atoms with E-state index in [1.807, 2.05) is 0 Å². The quantitative estimate of drug-likeness (QED) is 0.859. The highest BCUT2D eigenvalue weighted by Crippen LogP contribution is 2.46. The summed E-state index contributed by atoms with van der Waals surface area (Å²) in [6, 6.07) is 2.23. The zero-order valence-electron chi connectivity index (χ0n) is 13.1. The Kier molecular flexibility index (Phi) is 5.00. The van der Waals surface area contributed by atoms with Crippen molar-refractivity contribution in [2.45, 2.75) is 52.1 Å². The number of hydrogen-bond acceptors (Lipinski definition) is 3. The normalized spacial score (nSPS) is 29.9. The number of hydrogen-bond donors (Lipinski definition) is 1. The molecule has 2 unspecified atom stereocenters. The molecule has 1 fully saturated rings. The average molecular weight is 359 g/mol. The summed E-state index contributed by atoms with van der Waals surface area (Å²) in [4.78, 5) is 2.50. The van der Waals surface area contributed by atoms with Gasteiger partial charge in [-0.2, -0.15) is 0 Å². The Labute approximate surface area is 135 Å². The highest BCUT2D eigenvalue weighted by Gasteiger charge is 2.45. The van der Waals surface area contributed by atoms with Crippen molar-refractivity contribution in [1.82, 2.24) is 4.90 Å². The fourth-order valence-electron chi connectivity index (χ4n) is 3.81. The molecule has 4 heteroatoms. The Morgan fingerprint density at radius 3 is 2.65 bits per heavy atom. The third-order valence-electron chi connectivity index (χ3n) is 5.17. The number of likely N-dealkylation sites (N-methyl/N-ethyl adjacent to an activating group) is 1. The van der Waals surface area contributed by atoms with Crippen LogP contribution in [-0.2, 0) is 6.54 Å². The van der Waals surface area contributed by atoms with Crippen LogP contribution in [0.2, 0.25) is 0 Å². The molecule has 1 aromatic rings. The minimum absolute atomic E-state index is 0.157. The maximum absolute atomic E-state index is 6.23. The van der Waals surface area contributed by atoms with Crippen LogP contribution in [-0.4, -0.2) is 24.0 Å². The smallest absolute Gasteiger partial charge is 0.0701 e. The van der Waals surface area contributed by atoms with Crippen molar-refractivity contribution in [1.29, 1.82) is 0 Å². The monoisotopic (exact) mass is 358 g/mol. The highest BCUT2D eigenvalue weighted by atomic mass is 79.9. The van der Waals surface area contributed by atoms with E-state index in [0.29, 0.717) is 11.3 Å². The zero-order chi connectivity index (χ0) is 15.0. The molecule has 1 aliphatic carbocycles. The van der Waals surface area contributed by atoms with Gasteiger partial charge in [0.1, 0.15) is 0 Å². The minimum atomic E-state index is 0.157. The Morgan fingerprint density at radius 2 is 2.15 bits per heavy atom. The lowest BCUT2D eigenvalue weighted by atomic mass is 9.63. The first-order valence-electron chi connectivity index (χ1n) is 7.43. The Bertz CT molecular complexity index is 457. The number of thiophene rings is 1. The second kappa shape index (κ2) is 6.07. The van der Waals surface area contributed by atoms with Gasteiger partial charge in [-0.1, -0.05) is 20.8 Å². The molecule has 0 saturated heterocycles. The van der Waals surface area contributed by atoms with Crippen molar-refractivity contribution in [2.75, 3.05) is 13.6 Å². The van der Waals surface area contributed by atoms with Gasteiger partial charge in [0.15, 0.2) is 0 Å². The molecule has 20 heavy (non-hydrogen) atoms. The number of nitrogens with two attached hydrogens (primary N) is 1. The highest BCUT2D eigenvalue weighted by molar-refractivity contribution is 9.11. The first kappa shape index (κ1) is 16.5. The topological polar surface area (TPSA) is 29.3 Å². The van der Waals surface area contributed by atoms with Crippen LogP contribution < -0.4 is 5.73 Å². The van der Waals surface area contributed by atoms with Crippen LogP contribution in [0.15, 0.2) is 15.2 Å². The SMILES string of the molecule is CC1CC(C)(C)CCC1(CN)N(C)Cc1csc(Br)c1. The Morgan fingerprint density at radius 1 is 1.45 bits per heavy atom. The third-order valence-corrected chi connectivity index (χ3v) is 6.72. The number of rotatable bonds is 4. The molecule has 1 aliphatic rings. The minimum Gasteiger partial charge on any atom is -0.329 e. The molecule has 1 heterocycles. The van der Waals surface area contributed by atoms with Crippen LogP contribution in [0.4, 0.5) is 0 Å². The van der Waals surface area contributed by atoms with Crippen molar-refractivity contribution in [3.05, 3.63) is 20.8 Å². The molecule has 0 spiro atoms. The molecule has 1 aromatic heterocycles. The van der Waals surface area contributed by atoms with Crippen molar-refractivity contribution in [3.8, 4) is 0 Å². The van der Waals surface area contributed by atoms with Gasteiger partial charge < -0.3 is 5.73 Å². The summed E-state index contributed by atoms with van der Waals surface area (Å²) >= 11 is 5.31. The maximum Gasteiger partial charge on any atom is 0.0701 e. The molecule has 2 nitrogen and oxygen atoms in total. The van der Waals surface area contributed by atoms with E-state index in [4.69, 9.17) is 5.73 Å². The summed E-state index contributed by atoms with van der Waals surface area (Å²) in [7, 11) is 2.24. The summed E-state index contributed by atoms with van der Waals surface area (Å²) in [6.45, 7) is 8.91. The van der Waals surface area contributed by atoms with Crippen LogP contribution in [0.25, 0.3) is 0 Å². The fraction of sp³-hybridized carbons (Fsp3) is 0.750. The lowest BCUT2D eigenvalue weighted by molar-refractivity contribution is -0.0116. The van der Waals surface area contributed by atoms with Crippen LogP contribution in [0.1, 0.15) is 45.6 Å². The van der Waals surface area contributed by atoms with Crippen molar-refractivity contribution in [3.63, 3.8) is 0 Å². The summed E-state index contributed by atoms with van der Waals surface area (Å²) in [5.41, 5.74) is 8.23. The van der Waals surface area contributed by atoms with E-state index >= 15 is 0 Å². The second-order valence-electron chi connectivity index (χ2n) is 7.19. The van der Waals surface area contributed by atoms with Crippen molar-refractivity contribution >= 4 is 27.3 Å². The molecule has 0 aliphatic heterocycles. The largest absolute Gasteiger partial charge is 0.329 e. The van der Waals surface area contributed by atoms with Gasteiger partial charge in [0.2, 0.25) is 0 Å². The standard InChI is InChI=1S/C16H27BrN2S/c1-12-8-15(2,3)5-6-16(12,11-18)19(4)9-13-7-14(17)20-10-13/h7,10,12H,5-6,8-9,11,18H2,1-4H3. The molecule has 0 bridgehead atoms. The van der Waals surface area contributed by atoms with E-state index in [0.717, 1.165) is 13.1 Å². The van der Waals surface area contributed by atoms with Crippen LogP contribution >= 0.6 is 27.3 Å². The van der Waals surface area contributed by atoms with Crippen LogP contribution in [0.3, 0.4) is 0 Å². The van der Waals surface area contributed by atoms with E-state index < -0.39 is 0 Å². The molecular formula is C16H27BrN2S. The molecule has 1 saturated carbocycles. The third kappa shape index (κ3) is 3.29. The lowest BCUT2D eigenvalue weighted by Crippen LogP contribution is -2.59. The van der Waals surface area contributed by atoms with Crippen molar-refractivity contribution in [2.24, 2.45) is 17.1 Å². The lowest BCUT2D eigenvalue weighted by Gasteiger charge is -2.52. The summed E-state index contributed by atoms with van der Waals surface area (Å²) < 4.78 is 1.21. The first-order valence-corrected chi connectivity index (χ1v) is 9.10. The van der Waals surface area contributed by atoms with Gasteiger partial charge in [0.05, 0.1) is 3.79 Å². The van der Waals surface area contributed by atoms with E-state index in [1.165, 1.54) is 28.6 Å². The van der Waals surface area contributed by atoms with E-state index in [2.05, 4.69) is 60.1 Å². The number of nitrogens with zero attached hydrogens (tertiary/aromatic N) is 1. The molecular weight excluding hydrogens is 332 g/mol. The zero-order valence-corrected chi connectivity index (χ0v) is 15.5. The Hall–Kier alpha value is 0.100. The van der Waals surface area contributed by atoms with Gasteiger partial charge in [0.25, 0.3) is 0 Å². The first-order chi connectivity index (χ1) is 9.29. The van der Waals surface area contributed by atoms with Gasteiger partial charge in [-0.15, -0.1) is 11.3 Å². The van der Waals surface area contributed by atoms with Gasteiger partial charge in [-0.3, -0.25) is 4.90 Å². The molecule has 0 amide bonds. The molecule has 2 rings (SSSR count). The van der Waals surface area contributed by atoms with E-state index in [1.54, 1.807) is 11.3 Å². The maximum atomic E-state index is 6.23. The molecule has 114 valence electrons.